The number of piperidine rings is 1. The lowest BCUT2D eigenvalue weighted by molar-refractivity contribution is 0.138. The van der Waals surface area contributed by atoms with Gasteiger partial charge in [0.15, 0.2) is 5.65 Å². The number of aromatic nitrogens is 4. The SMILES string of the molecule is Cc1cc([C@@]2(CNC(=O)OCc3ccccc3)[C@@H]3CCN(c4cnc5c(Br)cn(S(=O)(=O)N(C)C)c5n4)C[C@@H]32)no1. The highest BCUT2D eigenvalue weighted by molar-refractivity contribution is 9.10. The third-order valence-electron chi connectivity index (χ3n) is 8.11. The molecule has 6 rings (SSSR count). The summed E-state index contributed by atoms with van der Waals surface area (Å²) in [6.45, 7) is 3.73. The number of ether oxygens (including phenoxy) is 1. The lowest BCUT2D eigenvalue weighted by Gasteiger charge is -2.27. The summed E-state index contributed by atoms with van der Waals surface area (Å²) in [5.74, 6) is 1.73. The van der Waals surface area contributed by atoms with Crippen molar-refractivity contribution >= 4 is 49.2 Å². The number of nitrogens with one attached hydrogen (secondary N) is 1. The van der Waals surface area contributed by atoms with Gasteiger partial charge in [0.05, 0.1) is 16.4 Å². The van der Waals surface area contributed by atoms with Gasteiger partial charge < -0.3 is 19.5 Å². The van der Waals surface area contributed by atoms with Crippen molar-refractivity contribution < 1.29 is 22.5 Å². The number of hydrogen-bond donors (Lipinski definition) is 1. The van der Waals surface area contributed by atoms with Crippen molar-refractivity contribution in [1.82, 2.24) is 28.7 Å². The Morgan fingerprint density at radius 1 is 1.27 bits per heavy atom. The largest absolute Gasteiger partial charge is 0.445 e. The Morgan fingerprint density at radius 2 is 2.05 bits per heavy atom. The lowest BCUT2D eigenvalue weighted by atomic mass is 9.96. The van der Waals surface area contributed by atoms with Crippen molar-refractivity contribution in [3.8, 4) is 0 Å². The van der Waals surface area contributed by atoms with Crippen molar-refractivity contribution in [2.45, 2.75) is 25.4 Å². The van der Waals surface area contributed by atoms with E-state index in [1.165, 1.54) is 20.3 Å². The molecule has 1 amide bonds. The first kappa shape index (κ1) is 27.7. The standard InChI is InChI=1S/C27H30BrN7O5S/c1-17-11-22(32-40-17)27(16-30-26(36)39-15-18-7-5-4-6-8-18)19-9-10-34(13-20(19)27)23-12-29-24-21(28)14-35(25(24)31-23)41(37,38)33(2)3/h4-8,11-12,14,19-20H,9-10,13,15-16H2,1-3H3,(H,30,36)/t19-,20+,27+/m1/s1. The van der Waals surface area contributed by atoms with Crippen LogP contribution in [0.4, 0.5) is 10.6 Å². The second-order valence-electron chi connectivity index (χ2n) is 10.7. The van der Waals surface area contributed by atoms with Gasteiger partial charge in [-0.05, 0) is 46.7 Å². The fraction of sp³-hybridized carbons (Fsp3) is 0.407. The predicted octanol–water partition coefficient (Wildman–Crippen LogP) is 3.47. The van der Waals surface area contributed by atoms with E-state index in [0.29, 0.717) is 41.2 Å². The van der Waals surface area contributed by atoms with Gasteiger partial charge in [-0.1, -0.05) is 35.5 Å². The second-order valence-corrected chi connectivity index (χ2v) is 13.6. The molecule has 2 fully saturated rings. The Kier molecular flexibility index (Phi) is 7.02. The van der Waals surface area contributed by atoms with Gasteiger partial charge in [-0.2, -0.15) is 12.7 Å². The van der Waals surface area contributed by atoms with Crippen molar-refractivity contribution in [1.29, 1.82) is 0 Å². The molecule has 4 aromatic rings. The minimum atomic E-state index is -3.79. The molecule has 1 aromatic carbocycles. The molecule has 2 aliphatic rings. The fourth-order valence-corrected chi connectivity index (χ4v) is 7.47. The fourth-order valence-electron chi connectivity index (χ4n) is 5.92. The summed E-state index contributed by atoms with van der Waals surface area (Å²) in [6.07, 6.45) is 3.48. The van der Waals surface area contributed by atoms with Crippen molar-refractivity contribution in [2.75, 3.05) is 38.6 Å². The van der Waals surface area contributed by atoms with Gasteiger partial charge in [0.1, 0.15) is 23.7 Å². The molecular weight excluding hydrogens is 614 g/mol. The molecule has 0 spiro atoms. The number of nitrogens with zero attached hydrogens (tertiary/aromatic N) is 6. The number of alkyl carbamates (subject to hydrolysis) is 1. The van der Waals surface area contributed by atoms with E-state index in [1.54, 1.807) is 6.20 Å². The maximum atomic E-state index is 12.9. The number of amides is 1. The topological polar surface area (TPSA) is 136 Å². The van der Waals surface area contributed by atoms with Crippen molar-refractivity contribution in [3.63, 3.8) is 0 Å². The smallest absolute Gasteiger partial charge is 0.407 e. The third-order valence-corrected chi connectivity index (χ3v) is 10.4. The van der Waals surface area contributed by atoms with Crippen LogP contribution in [0.3, 0.4) is 0 Å². The van der Waals surface area contributed by atoms with Crippen LogP contribution in [0, 0.1) is 18.8 Å². The summed E-state index contributed by atoms with van der Waals surface area (Å²) in [6, 6.07) is 11.5. The molecule has 1 N–H and O–H groups in total. The number of fused-ring (bicyclic) bond motifs is 2. The number of carbonyl (C=O) groups excluding carboxylic acids is 1. The van der Waals surface area contributed by atoms with Crippen LogP contribution in [-0.4, -0.2) is 71.6 Å². The van der Waals surface area contributed by atoms with Crippen LogP contribution in [0.15, 0.2) is 57.8 Å². The van der Waals surface area contributed by atoms with Gasteiger partial charge in [0.2, 0.25) is 0 Å². The zero-order valence-corrected chi connectivity index (χ0v) is 25.2. The van der Waals surface area contributed by atoms with E-state index in [1.807, 2.05) is 43.3 Å². The van der Waals surface area contributed by atoms with E-state index in [0.717, 1.165) is 26.0 Å². The Hall–Kier alpha value is -3.49. The molecule has 0 bridgehead atoms. The van der Waals surface area contributed by atoms with Crippen LogP contribution >= 0.6 is 15.9 Å². The average Bonchev–Trinajstić information content (AvgIpc) is 3.18. The molecule has 14 heteroatoms. The normalized spacial score (nSPS) is 22.1. The third kappa shape index (κ3) is 4.87. The maximum Gasteiger partial charge on any atom is 0.407 e. The molecule has 3 atom stereocenters. The van der Waals surface area contributed by atoms with Gasteiger partial charge in [0, 0.05) is 51.4 Å². The molecule has 1 aliphatic heterocycles. The van der Waals surface area contributed by atoms with Gasteiger partial charge in [0.25, 0.3) is 0 Å². The quantitative estimate of drug-likeness (QED) is 0.306. The molecule has 0 radical (unpaired) electrons. The minimum Gasteiger partial charge on any atom is -0.445 e. The van der Waals surface area contributed by atoms with Crippen molar-refractivity contribution in [2.24, 2.45) is 11.8 Å². The van der Waals surface area contributed by atoms with E-state index < -0.39 is 21.7 Å². The van der Waals surface area contributed by atoms with Crippen LogP contribution in [0.1, 0.15) is 23.4 Å². The summed E-state index contributed by atoms with van der Waals surface area (Å²) >= 11 is 3.41. The molecule has 41 heavy (non-hydrogen) atoms. The van der Waals surface area contributed by atoms with E-state index in [9.17, 15) is 13.2 Å². The van der Waals surface area contributed by atoms with Crippen LogP contribution < -0.4 is 10.2 Å². The highest BCUT2D eigenvalue weighted by Crippen LogP contribution is 2.63. The van der Waals surface area contributed by atoms with E-state index in [-0.39, 0.29) is 24.1 Å². The zero-order chi connectivity index (χ0) is 28.9. The molecule has 3 aromatic heterocycles. The van der Waals surface area contributed by atoms with Crippen LogP contribution in [-0.2, 0) is 27.0 Å². The second kappa shape index (κ2) is 10.4. The Morgan fingerprint density at radius 3 is 2.76 bits per heavy atom. The van der Waals surface area contributed by atoms with Crippen LogP contribution in [0.2, 0.25) is 0 Å². The van der Waals surface area contributed by atoms with E-state index >= 15 is 0 Å². The first-order chi connectivity index (χ1) is 19.6. The van der Waals surface area contributed by atoms with Gasteiger partial charge in [-0.15, -0.1) is 0 Å². The summed E-state index contributed by atoms with van der Waals surface area (Å²) in [4.78, 5) is 24.0. The zero-order valence-electron chi connectivity index (χ0n) is 22.8. The lowest BCUT2D eigenvalue weighted by Crippen LogP contribution is -2.36. The van der Waals surface area contributed by atoms with Crippen LogP contribution in [0.5, 0.6) is 0 Å². The Labute approximate surface area is 246 Å². The summed E-state index contributed by atoms with van der Waals surface area (Å²) in [7, 11) is -0.849. The number of halogens is 1. The predicted molar refractivity (Wildman–Crippen MR) is 155 cm³/mol. The summed E-state index contributed by atoms with van der Waals surface area (Å²) in [5, 5.41) is 7.32. The first-order valence-electron chi connectivity index (χ1n) is 13.2. The number of rotatable bonds is 8. The summed E-state index contributed by atoms with van der Waals surface area (Å²) < 4.78 is 39.6. The minimum absolute atomic E-state index is 0.164. The molecular formula is C27H30BrN7O5S. The van der Waals surface area contributed by atoms with E-state index in [4.69, 9.17) is 14.2 Å². The molecule has 1 aliphatic carbocycles. The summed E-state index contributed by atoms with van der Waals surface area (Å²) in [5.41, 5.74) is 2.03. The van der Waals surface area contributed by atoms with E-state index in [2.05, 4.69) is 36.3 Å². The van der Waals surface area contributed by atoms with Crippen molar-refractivity contribution in [3.05, 3.63) is 70.3 Å². The molecule has 216 valence electrons. The number of aryl methyl sites for hydroxylation is 1. The molecule has 12 nitrogen and oxygen atoms in total. The Balaban J connectivity index is 1.22. The molecule has 4 heterocycles. The van der Waals surface area contributed by atoms with Gasteiger partial charge in [-0.25, -0.2) is 18.7 Å². The monoisotopic (exact) mass is 643 g/mol. The number of hydrogen-bond acceptors (Lipinski definition) is 9. The number of benzene rings is 1. The Bertz CT molecular complexity index is 1710. The highest BCUT2D eigenvalue weighted by Gasteiger charge is 2.68. The molecule has 0 unspecified atom stereocenters. The average molecular weight is 645 g/mol. The van der Waals surface area contributed by atoms with Gasteiger partial charge in [-0.3, -0.25) is 0 Å². The molecule has 1 saturated heterocycles. The molecule has 1 saturated carbocycles. The highest BCUT2D eigenvalue weighted by atomic mass is 79.9. The van der Waals surface area contributed by atoms with Crippen LogP contribution in [0.25, 0.3) is 11.2 Å². The number of carbonyl (C=O) groups is 1. The number of anilines is 1. The maximum absolute atomic E-state index is 12.9. The first-order valence-corrected chi connectivity index (χ1v) is 15.4. The van der Waals surface area contributed by atoms with Gasteiger partial charge >= 0.3 is 16.3 Å².